The highest BCUT2D eigenvalue weighted by Gasteiger charge is 2.30. The fourth-order valence-electron chi connectivity index (χ4n) is 2.19. The molecule has 0 saturated carbocycles. The largest absolute Gasteiger partial charge is 0.481 e. The predicted octanol–water partition coefficient (Wildman–Crippen LogP) is 1.06. The Labute approximate surface area is 113 Å². The van der Waals surface area contributed by atoms with Crippen molar-refractivity contribution in [1.82, 2.24) is 9.97 Å². The van der Waals surface area contributed by atoms with Crippen LogP contribution in [-0.4, -0.2) is 43.8 Å². The molecular formula is C13H22N4O2. The van der Waals surface area contributed by atoms with Crippen LogP contribution in [0.15, 0.2) is 6.07 Å². The van der Waals surface area contributed by atoms with Gasteiger partial charge in [0, 0.05) is 13.1 Å². The molecule has 2 rings (SSSR count). The Balaban J connectivity index is 2.14. The van der Waals surface area contributed by atoms with Crippen LogP contribution < -0.4 is 20.1 Å². The second-order valence-electron chi connectivity index (χ2n) is 5.25. The third kappa shape index (κ3) is 3.07. The van der Waals surface area contributed by atoms with Crippen LogP contribution >= 0.6 is 0 Å². The van der Waals surface area contributed by atoms with Gasteiger partial charge in [0.2, 0.25) is 17.7 Å². The van der Waals surface area contributed by atoms with Gasteiger partial charge in [-0.15, -0.1) is 0 Å². The van der Waals surface area contributed by atoms with Crippen LogP contribution in [0.3, 0.4) is 0 Å². The van der Waals surface area contributed by atoms with E-state index >= 15 is 0 Å². The standard InChI is InChI=1S/C13H22N4O2/c1-13(9-14)4-6-17(7-5-13)12-15-10(18-2)8-11(16-12)19-3/h8H,4-7,9,14H2,1-3H3. The molecule has 2 heterocycles. The van der Waals surface area contributed by atoms with Gasteiger partial charge in [0.05, 0.1) is 20.3 Å². The number of rotatable bonds is 4. The third-order valence-corrected chi connectivity index (χ3v) is 3.83. The molecule has 1 fully saturated rings. The highest BCUT2D eigenvalue weighted by atomic mass is 16.5. The summed E-state index contributed by atoms with van der Waals surface area (Å²) < 4.78 is 10.3. The molecule has 0 aromatic carbocycles. The maximum Gasteiger partial charge on any atom is 0.231 e. The molecule has 0 radical (unpaired) electrons. The van der Waals surface area contributed by atoms with Gasteiger partial charge in [-0.25, -0.2) is 0 Å². The average Bonchev–Trinajstić information content (AvgIpc) is 2.47. The monoisotopic (exact) mass is 266 g/mol. The molecule has 1 saturated heterocycles. The van der Waals surface area contributed by atoms with E-state index in [2.05, 4.69) is 21.8 Å². The zero-order valence-corrected chi connectivity index (χ0v) is 11.8. The minimum atomic E-state index is 0.236. The predicted molar refractivity (Wildman–Crippen MR) is 73.7 cm³/mol. The lowest BCUT2D eigenvalue weighted by Gasteiger charge is -2.38. The second-order valence-corrected chi connectivity index (χ2v) is 5.25. The maximum atomic E-state index is 5.82. The van der Waals surface area contributed by atoms with E-state index in [9.17, 15) is 0 Å². The molecule has 1 aliphatic heterocycles. The molecule has 1 aromatic rings. The molecule has 0 unspecified atom stereocenters. The number of nitrogens with two attached hydrogens (primary N) is 1. The van der Waals surface area contributed by atoms with Gasteiger partial charge in [0.1, 0.15) is 0 Å². The van der Waals surface area contributed by atoms with Gasteiger partial charge in [-0.05, 0) is 24.8 Å². The summed E-state index contributed by atoms with van der Waals surface area (Å²) in [4.78, 5) is 10.9. The summed E-state index contributed by atoms with van der Waals surface area (Å²) in [7, 11) is 3.18. The van der Waals surface area contributed by atoms with Crippen molar-refractivity contribution in [3.8, 4) is 11.8 Å². The zero-order chi connectivity index (χ0) is 13.9. The molecule has 1 aliphatic rings. The summed E-state index contributed by atoms with van der Waals surface area (Å²) in [6.45, 7) is 4.77. The van der Waals surface area contributed by atoms with Crippen molar-refractivity contribution in [2.45, 2.75) is 19.8 Å². The summed E-state index contributed by atoms with van der Waals surface area (Å²) in [6, 6.07) is 1.68. The van der Waals surface area contributed by atoms with E-state index in [1.54, 1.807) is 20.3 Å². The molecule has 19 heavy (non-hydrogen) atoms. The maximum absolute atomic E-state index is 5.82. The third-order valence-electron chi connectivity index (χ3n) is 3.83. The van der Waals surface area contributed by atoms with Gasteiger partial charge in [-0.1, -0.05) is 6.92 Å². The van der Waals surface area contributed by atoms with Crippen molar-refractivity contribution in [2.24, 2.45) is 11.1 Å². The number of hydrogen-bond donors (Lipinski definition) is 1. The molecule has 0 atom stereocenters. The molecule has 6 heteroatoms. The van der Waals surface area contributed by atoms with Crippen molar-refractivity contribution in [1.29, 1.82) is 0 Å². The minimum Gasteiger partial charge on any atom is -0.481 e. The van der Waals surface area contributed by atoms with Crippen LogP contribution in [0.4, 0.5) is 5.95 Å². The molecular weight excluding hydrogens is 244 g/mol. The summed E-state index contributed by atoms with van der Waals surface area (Å²) in [5.74, 6) is 1.71. The molecule has 0 spiro atoms. The van der Waals surface area contributed by atoms with Gasteiger partial charge in [0.15, 0.2) is 0 Å². The molecule has 106 valence electrons. The van der Waals surface area contributed by atoms with Gasteiger partial charge in [-0.2, -0.15) is 9.97 Å². The molecule has 0 aliphatic carbocycles. The molecule has 0 amide bonds. The number of methoxy groups -OCH3 is 2. The SMILES string of the molecule is COc1cc(OC)nc(N2CCC(C)(CN)CC2)n1. The molecule has 1 aromatic heterocycles. The lowest BCUT2D eigenvalue weighted by molar-refractivity contribution is 0.256. The number of hydrogen-bond acceptors (Lipinski definition) is 6. The highest BCUT2D eigenvalue weighted by Crippen LogP contribution is 2.31. The fraction of sp³-hybridized carbons (Fsp3) is 0.692. The average molecular weight is 266 g/mol. The van der Waals surface area contributed by atoms with Crippen molar-refractivity contribution in [2.75, 3.05) is 38.8 Å². The van der Waals surface area contributed by atoms with Gasteiger partial charge in [-0.3, -0.25) is 0 Å². The van der Waals surface area contributed by atoms with E-state index in [0.29, 0.717) is 17.7 Å². The second kappa shape index (κ2) is 5.61. The lowest BCUT2D eigenvalue weighted by atomic mass is 9.81. The van der Waals surface area contributed by atoms with Crippen LogP contribution in [0.2, 0.25) is 0 Å². The number of aromatic nitrogens is 2. The van der Waals surface area contributed by atoms with Gasteiger partial charge >= 0.3 is 0 Å². The smallest absolute Gasteiger partial charge is 0.231 e. The van der Waals surface area contributed by atoms with Crippen LogP contribution in [0, 0.1) is 5.41 Å². The minimum absolute atomic E-state index is 0.236. The summed E-state index contributed by atoms with van der Waals surface area (Å²) in [5.41, 5.74) is 6.06. The topological polar surface area (TPSA) is 73.5 Å². The Bertz CT molecular complexity index is 408. The first kappa shape index (κ1) is 13.9. The Morgan fingerprint density at radius 3 is 2.16 bits per heavy atom. The zero-order valence-electron chi connectivity index (χ0n) is 11.8. The molecule has 0 bridgehead atoms. The highest BCUT2D eigenvalue weighted by molar-refractivity contribution is 5.37. The Morgan fingerprint density at radius 1 is 1.21 bits per heavy atom. The number of piperidine rings is 1. The van der Waals surface area contributed by atoms with E-state index in [0.717, 1.165) is 32.5 Å². The molecule has 6 nitrogen and oxygen atoms in total. The van der Waals surface area contributed by atoms with Gasteiger partial charge < -0.3 is 20.1 Å². The van der Waals surface area contributed by atoms with Crippen LogP contribution in [-0.2, 0) is 0 Å². The normalized spacial score (nSPS) is 18.2. The Hall–Kier alpha value is -1.56. The quantitative estimate of drug-likeness (QED) is 0.878. The Kier molecular flexibility index (Phi) is 4.09. The van der Waals surface area contributed by atoms with Crippen LogP contribution in [0.1, 0.15) is 19.8 Å². The summed E-state index contributed by atoms with van der Waals surface area (Å²) in [6.07, 6.45) is 2.10. The van der Waals surface area contributed by atoms with Crippen LogP contribution in [0.5, 0.6) is 11.8 Å². The summed E-state index contributed by atoms with van der Waals surface area (Å²) in [5, 5.41) is 0. The number of nitrogens with zero attached hydrogens (tertiary/aromatic N) is 3. The number of anilines is 1. The van der Waals surface area contributed by atoms with E-state index in [-0.39, 0.29) is 5.41 Å². The van der Waals surface area contributed by atoms with Gasteiger partial charge in [0.25, 0.3) is 0 Å². The van der Waals surface area contributed by atoms with Crippen molar-refractivity contribution in [3.05, 3.63) is 6.07 Å². The Morgan fingerprint density at radius 2 is 1.74 bits per heavy atom. The first-order chi connectivity index (χ1) is 9.10. The summed E-state index contributed by atoms with van der Waals surface area (Å²) >= 11 is 0. The van der Waals surface area contributed by atoms with E-state index in [4.69, 9.17) is 15.2 Å². The van der Waals surface area contributed by atoms with Crippen molar-refractivity contribution in [3.63, 3.8) is 0 Å². The van der Waals surface area contributed by atoms with Crippen molar-refractivity contribution >= 4 is 5.95 Å². The fourth-order valence-corrected chi connectivity index (χ4v) is 2.19. The van der Waals surface area contributed by atoms with E-state index in [1.807, 2.05) is 0 Å². The van der Waals surface area contributed by atoms with E-state index in [1.165, 1.54) is 0 Å². The van der Waals surface area contributed by atoms with E-state index < -0.39 is 0 Å². The first-order valence-corrected chi connectivity index (χ1v) is 6.52. The molecule has 2 N–H and O–H groups in total. The number of ether oxygens (including phenoxy) is 2. The van der Waals surface area contributed by atoms with Crippen LogP contribution in [0.25, 0.3) is 0 Å². The lowest BCUT2D eigenvalue weighted by Crippen LogP contribution is -2.42. The first-order valence-electron chi connectivity index (χ1n) is 6.52. The van der Waals surface area contributed by atoms with Crippen molar-refractivity contribution < 1.29 is 9.47 Å².